The topological polar surface area (TPSA) is 93.3 Å². The van der Waals surface area contributed by atoms with Gasteiger partial charge in [-0.3, -0.25) is 9.59 Å². The fourth-order valence-corrected chi connectivity index (χ4v) is 3.12. The summed E-state index contributed by atoms with van der Waals surface area (Å²) in [6.45, 7) is 4.40. The lowest BCUT2D eigenvalue weighted by atomic mass is 9.86. The molecule has 7 nitrogen and oxygen atoms in total. The zero-order valence-electron chi connectivity index (χ0n) is 15.2. The molecule has 1 atom stereocenters. The summed E-state index contributed by atoms with van der Waals surface area (Å²) in [4.78, 5) is 31.6. The van der Waals surface area contributed by atoms with Crippen LogP contribution in [0, 0.1) is 6.92 Å². The average Bonchev–Trinajstić information content (AvgIpc) is 2.60. The van der Waals surface area contributed by atoms with Crippen LogP contribution in [0.3, 0.4) is 0 Å². The molecule has 0 saturated heterocycles. The van der Waals surface area contributed by atoms with Crippen LogP contribution in [0.15, 0.2) is 23.0 Å². The predicted molar refractivity (Wildman–Crippen MR) is 98.1 cm³/mol. The molecule has 0 bridgehead atoms. The molecule has 1 aromatic heterocycles. The van der Waals surface area contributed by atoms with Crippen molar-refractivity contribution in [3.05, 3.63) is 45.5 Å². The third kappa shape index (κ3) is 3.56. The number of fused-ring (bicyclic) bond motifs is 1. The Kier molecular flexibility index (Phi) is 5.25. The first kappa shape index (κ1) is 18.0. The second kappa shape index (κ2) is 7.59. The maximum atomic E-state index is 12.5. The van der Waals surface area contributed by atoms with Crippen LogP contribution in [0.4, 0.5) is 5.82 Å². The highest BCUT2D eigenvalue weighted by Gasteiger charge is 2.31. The molecule has 138 valence electrons. The summed E-state index contributed by atoms with van der Waals surface area (Å²) in [6.07, 6.45) is 2.19. The number of nitrogens with zero attached hydrogens (tertiary/aromatic N) is 1. The monoisotopic (exact) mass is 357 g/mol. The summed E-state index contributed by atoms with van der Waals surface area (Å²) < 4.78 is 11.2. The van der Waals surface area contributed by atoms with Crippen LogP contribution < -0.4 is 20.3 Å². The van der Waals surface area contributed by atoms with Crippen molar-refractivity contribution >= 4 is 11.7 Å². The number of aromatic amines is 1. The van der Waals surface area contributed by atoms with E-state index in [1.807, 2.05) is 18.2 Å². The van der Waals surface area contributed by atoms with E-state index in [0.29, 0.717) is 35.3 Å². The summed E-state index contributed by atoms with van der Waals surface area (Å²) in [5.41, 5.74) is 1.05. The lowest BCUT2D eigenvalue weighted by Gasteiger charge is -2.25. The molecule has 0 fully saturated rings. The number of aryl methyl sites for hydroxylation is 1. The first-order valence-electron chi connectivity index (χ1n) is 8.74. The van der Waals surface area contributed by atoms with E-state index >= 15 is 0 Å². The summed E-state index contributed by atoms with van der Waals surface area (Å²) in [7, 11) is 1.57. The highest BCUT2D eigenvalue weighted by Crippen LogP contribution is 2.38. The van der Waals surface area contributed by atoms with Crippen molar-refractivity contribution < 1.29 is 14.3 Å². The van der Waals surface area contributed by atoms with Crippen molar-refractivity contribution in [1.82, 2.24) is 9.97 Å². The number of unbranched alkanes of at least 4 members (excludes halogenated alkanes) is 1. The van der Waals surface area contributed by atoms with Crippen molar-refractivity contribution in [2.24, 2.45) is 0 Å². The van der Waals surface area contributed by atoms with E-state index in [-0.39, 0.29) is 23.8 Å². The van der Waals surface area contributed by atoms with Gasteiger partial charge < -0.3 is 19.8 Å². The number of hydrogen-bond donors (Lipinski definition) is 2. The maximum absolute atomic E-state index is 12.5. The van der Waals surface area contributed by atoms with Gasteiger partial charge in [-0.05, 0) is 31.0 Å². The van der Waals surface area contributed by atoms with Crippen LogP contribution in [0.1, 0.15) is 49.1 Å². The van der Waals surface area contributed by atoms with Crippen LogP contribution in [-0.2, 0) is 4.79 Å². The van der Waals surface area contributed by atoms with E-state index in [0.717, 1.165) is 18.4 Å². The van der Waals surface area contributed by atoms with Crippen molar-refractivity contribution in [2.75, 3.05) is 19.0 Å². The molecule has 3 rings (SSSR count). The third-order valence-electron chi connectivity index (χ3n) is 4.41. The Morgan fingerprint density at radius 3 is 2.81 bits per heavy atom. The number of ether oxygens (including phenoxy) is 2. The van der Waals surface area contributed by atoms with Gasteiger partial charge in [0.15, 0.2) is 11.5 Å². The van der Waals surface area contributed by atoms with E-state index in [2.05, 4.69) is 22.2 Å². The number of nitrogens with one attached hydrogen (secondary N) is 2. The van der Waals surface area contributed by atoms with Crippen LogP contribution in [-0.4, -0.2) is 29.6 Å². The molecule has 0 radical (unpaired) electrons. The third-order valence-corrected chi connectivity index (χ3v) is 4.41. The van der Waals surface area contributed by atoms with Crippen LogP contribution >= 0.6 is 0 Å². The molecule has 0 unspecified atom stereocenters. The Hall–Kier alpha value is -2.83. The smallest absolute Gasteiger partial charge is 0.256 e. The number of hydrogen-bond acceptors (Lipinski definition) is 5. The number of amides is 1. The van der Waals surface area contributed by atoms with Crippen LogP contribution in [0.25, 0.3) is 0 Å². The van der Waals surface area contributed by atoms with Gasteiger partial charge in [-0.25, -0.2) is 4.98 Å². The lowest BCUT2D eigenvalue weighted by molar-refractivity contribution is -0.116. The average molecular weight is 357 g/mol. The van der Waals surface area contributed by atoms with Crippen LogP contribution in [0.5, 0.6) is 11.5 Å². The van der Waals surface area contributed by atoms with Crippen LogP contribution in [0.2, 0.25) is 0 Å². The van der Waals surface area contributed by atoms with Gasteiger partial charge in [0.2, 0.25) is 5.91 Å². The van der Waals surface area contributed by atoms with E-state index in [9.17, 15) is 9.59 Å². The molecule has 0 spiro atoms. The Bertz CT molecular complexity index is 876. The molecule has 2 heterocycles. The quantitative estimate of drug-likeness (QED) is 0.776. The summed E-state index contributed by atoms with van der Waals surface area (Å²) in [5, 5.41) is 2.69. The van der Waals surface area contributed by atoms with E-state index in [1.54, 1.807) is 14.0 Å². The zero-order chi connectivity index (χ0) is 18.7. The minimum Gasteiger partial charge on any atom is -0.493 e. The van der Waals surface area contributed by atoms with Crippen molar-refractivity contribution in [1.29, 1.82) is 0 Å². The summed E-state index contributed by atoms with van der Waals surface area (Å²) in [5.74, 6) is 1.49. The molecular formula is C19H23N3O4. The van der Waals surface area contributed by atoms with E-state index in [1.165, 1.54) is 0 Å². The first-order valence-corrected chi connectivity index (χ1v) is 8.74. The Morgan fingerprint density at radius 2 is 2.08 bits per heavy atom. The number of aromatic nitrogens is 2. The molecule has 1 aliphatic heterocycles. The van der Waals surface area contributed by atoms with Gasteiger partial charge in [0, 0.05) is 12.3 Å². The standard InChI is InChI=1S/C19H23N3O4/c1-4-5-8-26-14-7-6-12(9-15(14)25-3)13-10-16(23)22-18-17(13)19(24)21-11(2)20-18/h6-7,9,13H,4-5,8,10H2,1-3H3,(H2,20,21,22,23,24)/t13-/m1/s1. The molecule has 2 N–H and O–H groups in total. The molecule has 26 heavy (non-hydrogen) atoms. The number of H-pyrrole nitrogens is 1. The van der Waals surface area contributed by atoms with Gasteiger partial charge in [0.25, 0.3) is 5.56 Å². The molecule has 7 heteroatoms. The fraction of sp³-hybridized carbons (Fsp3) is 0.421. The maximum Gasteiger partial charge on any atom is 0.256 e. The number of methoxy groups -OCH3 is 1. The predicted octanol–water partition coefficient (Wildman–Crippen LogP) is 2.74. The molecule has 1 aromatic carbocycles. The van der Waals surface area contributed by atoms with Crippen molar-refractivity contribution in [3.8, 4) is 11.5 Å². The SMILES string of the molecule is CCCCOc1ccc([C@H]2CC(=O)Nc3nc(C)[nH]c(=O)c32)cc1OC. The first-order chi connectivity index (χ1) is 12.5. The molecule has 1 aliphatic rings. The van der Waals surface area contributed by atoms with Gasteiger partial charge in [-0.1, -0.05) is 19.4 Å². The Balaban J connectivity index is 1.99. The van der Waals surface area contributed by atoms with Gasteiger partial charge in [-0.15, -0.1) is 0 Å². The molecule has 2 aromatic rings. The van der Waals surface area contributed by atoms with Gasteiger partial charge in [0.05, 0.1) is 19.3 Å². The molecular weight excluding hydrogens is 334 g/mol. The molecule has 0 saturated carbocycles. The Morgan fingerprint density at radius 1 is 1.27 bits per heavy atom. The van der Waals surface area contributed by atoms with Gasteiger partial charge in [-0.2, -0.15) is 0 Å². The van der Waals surface area contributed by atoms with Gasteiger partial charge in [0.1, 0.15) is 11.6 Å². The molecule has 0 aliphatic carbocycles. The second-order valence-corrected chi connectivity index (χ2v) is 6.33. The minimum atomic E-state index is -0.380. The highest BCUT2D eigenvalue weighted by atomic mass is 16.5. The number of benzene rings is 1. The minimum absolute atomic E-state index is 0.165. The molecule has 1 amide bonds. The normalized spacial score (nSPS) is 16.0. The number of rotatable bonds is 6. The number of carbonyl (C=O) groups is 1. The van der Waals surface area contributed by atoms with Crippen molar-refractivity contribution in [2.45, 2.75) is 39.0 Å². The fourth-order valence-electron chi connectivity index (χ4n) is 3.12. The number of anilines is 1. The largest absolute Gasteiger partial charge is 0.493 e. The lowest BCUT2D eigenvalue weighted by Crippen LogP contribution is -2.31. The second-order valence-electron chi connectivity index (χ2n) is 6.33. The van der Waals surface area contributed by atoms with Gasteiger partial charge >= 0.3 is 0 Å². The zero-order valence-corrected chi connectivity index (χ0v) is 15.2. The summed E-state index contributed by atoms with van der Waals surface area (Å²) in [6, 6.07) is 5.52. The van der Waals surface area contributed by atoms with E-state index in [4.69, 9.17) is 9.47 Å². The van der Waals surface area contributed by atoms with E-state index < -0.39 is 0 Å². The highest BCUT2D eigenvalue weighted by molar-refractivity contribution is 5.94. The summed E-state index contributed by atoms with van der Waals surface area (Å²) >= 11 is 0. The number of carbonyl (C=O) groups excluding carboxylic acids is 1. The van der Waals surface area contributed by atoms with Crippen molar-refractivity contribution in [3.63, 3.8) is 0 Å². The Labute approximate surface area is 151 Å².